The second-order valence-corrected chi connectivity index (χ2v) is 8.20. The smallest absolute Gasteiger partial charge is 0.259 e. The molecule has 0 aromatic heterocycles. The minimum absolute atomic E-state index is 0.0541. The number of anilines is 1. The average molecular weight is 398 g/mol. The monoisotopic (exact) mass is 397 g/mol. The van der Waals surface area contributed by atoms with Gasteiger partial charge in [0, 0.05) is 23.2 Å². The number of aryl methyl sites for hydroxylation is 1. The standard InChI is InChI=1S/C27H27NO2/c1-19(2)17-28-25-13-6-5-12-23(25)24(27(28)29)16-22-11-4-7-14-26(22)30-18-21-10-8-9-20(3)15-21/h4-16,19H,17-18H2,1-3H3/b24-16-. The van der Waals surface area contributed by atoms with Crippen LogP contribution in [0.5, 0.6) is 5.75 Å². The van der Waals surface area contributed by atoms with Crippen molar-refractivity contribution in [3.05, 3.63) is 95.1 Å². The summed E-state index contributed by atoms with van der Waals surface area (Å²) >= 11 is 0. The molecule has 152 valence electrons. The van der Waals surface area contributed by atoms with Crippen LogP contribution in [0.4, 0.5) is 5.69 Å². The Morgan fingerprint density at radius 1 is 0.967 bits per heavy atom. The predicted molar refractivity (Wildman–Crippen MR) is 123 cm³/mol. The van der Waals surface area contributed by atoms with E-state index in [1.54, 1.807) is 0 Å². The first-order valence-corrected chi connectivity index (χ1v) is 10.4. The molecule has 1 aliphatic rings. The van der Waals surface area contributed by atoms with E-state index in [0.29, 0.717) is 19.1 Å². The van der Waals surface area contributed by atoms with Gasteiger partial charge in [0.1, 0.15) is 12.4 Å². The summed E-state index contributed by atoms with van der Waals surface area (Å²) in [5.41, 5.74) is 5.94. The molecular formula is C27H27NO2. The average Bonchev–Trinajstić information content (AvgIpc) is 2.99. The molecule has 3 aromatic carbocycles. The van der Waals surface area contributed by atoms with Crippen LogP contribution < -0.4 is 9.64 Å². The first-order valence-electron chi connectivity index (χ1n) is 10.4. The lowest BCUT2D eigenvalue weighted by Crippen LogP contribution is -2.30. The number of amides is 1. The Kier molecular flexibility index (Phi) is 5.71. The fourth-order valence-corrected chi connectivity index (χ4v) is 3.84. The van der Waals surface area contributed by atoms with Crippen molar-refractivity contribution < 1.29 is 9.53 Å². The molecule has 4 rings (SSSR count). The second-order valence-electron chi connectivity index (χ2n) is 8.20. The maximum Gasteiger partial charge on any atom is 0.259 e. The van der Waals surface area contributed by atoms with Crippen molar-refractivity contribution >= 4 is 23.2 Å². The van der Waals surface area contributed by atoms with Gasteiger partial charge in [-0.3, -0.25) is 4.79 Å². The van der Waals surface area contributed by atoms with Crippen molar-refractivity contribution in [1.82, 2.24) is 0 Å². The molecule has 0 atom stereocenters. The van der Waals surface area contributed by atoms with E-state index in [1.807, 2.05) is 65.6 Å². The third kappa shape index (κ3) is 4.16. The summed E-state index contributed by atoms with van der Waals surface area (Å²) in [6, 6.07) is 24.2. The van der Waals surface area contributed by atoms with Crippen LogP contribution in [0.15, 0.2) is 72.8 Å². The topological polar surface area (TPSA) is 29.5 Å². The highest BCUT2D eigenvalue weighted by atomic mass is 16.5. The van der Waals surface area contributed by atoms with Gasteiger partial charge in [-0.2, -0.15) is 0 Å². The number of rotatable bonds is 6. The van der Waals surface area contributed by atoms with Gasteiger partial charge in [-0.05, 0) is 36.6 Å². The van der Waals surface area contributed by atoms with E-state index in [4.69, 9.17) is 4.74 Å². The van der Waals surface area contributed by atoms with Crippen molar-refractivity contribution in [2.75, 3.05) is 11.4 Å². The molecule has 0 spiro atoms. The minimum atomic E-state index is 0.0541. The lowest BCUT2D eigenvalue weighted by atomic mass is 10.0. The number of nitrogens with zero attached hydrogens (tertiary/aromatic N) is 1. The Labute approximate surface area is 178 Å². The molecule has 1 aliphatic heterocycles. The third-order valence-corrected chi connectivity index (χ3v) is 5.20. The van der Waals surface area contributed by atoms with Crippen molar-refractivity contribution in [3.63, 3.8) is 0 Å². The maximum atomic E-state index is 13.2. The Morgan fingerprint density at radius 3 is 2.53 bits per heavy atom. The maximum absolute atomic E-state index is 13.2. The van der Waals surface area contributed by atoms with E-state index in [2.05, 4.69) is 39.0 Å². The normalized spacial score (nSPS) is 14.5. The van der Waals surface area contributed by atoms with Gasteiger partial charge < -0.3 is 9.64 Å². The summed E-state index contributed by atoms with van der Waals surface area (Å²) < 4.78 is 6.13. The Morgan fingerprint density at radius 2 is 1.73 bits per heavy atom. The zero-order valence-electron chi connectivity index (χ0n) is 17.8. The van der Waals surface area contributed by atoms with E-state index in [1.165, 1.54) is 5.56 Å². The Balaban J connectivity index is 1.66. The number of para-hydroxylation sites is 2. The van der Waals surface area contributed by atoms with Gasteiger partial charge in [0.25, 0.3) is 5.91 Å². The molecule has 0 unspecified atom stereocenters. The first-order chi connectivity index (χ1) is 14.5. The highest BCUT2D eigenvalue weighted by Gasteiger charge is 2.32. The van der Waals surface area contributed by atoms with Crippen LogP contribution in [-0.2, 0) is 11.4 Å². The number of fused-ring (bicyclic) bond motifs is 1. The highest BCUT2D eigenvalue weighted by molar-refractivity contribution is 6.35. The van der Waals surface area contributed by atoms with E-state index in [0.717, 1.165) is 33.7 Å². The van der Waals surface area contributed by atoms with Crippen LogP contribution in [0.2, 0.25) is 0 Å². The second kappa shape index (κ2) is 8.58. The van der Waals surface area contributed by atoms with Crippen LogP contribution in [0.3, 0.4) is 0 Å². The van der Waals surface area contributed by atoms with Crippen molar-refractivity contribution in [3.8, 4) is 5.75 Å². The molecule has 3 heteroatoms. The van der Waals surface area contributed by atoms with Crippen molar-refractivity contribution in [1.29, 1.82) is 0 Å². The molecule has 3 aromatic rings. The van der Waals surface area contributed by atoms with E-state index in [-0.39, 0.29) is 5.91 Å². The summed E-state index contributed by atoms with van der Waals surface area (Å²) in [5.74, 6) is 1.23. The molecule has 0 radical (unpaired) electrons. The fourth-order valence-electron chi connectivity index (χ4n) is 3.84. The van der Waals surface area contributed by atoms with Gasteiger partial charge in [0.05, 0.1) is 5.69 Å². The number of hydrogen-bond acceptors (Lipinski definition) is 2. The summed E-state index contributed by atoms with van der Waals surface area (Å²) in [6.45, 7) is 7.54. The molecule has 0 saturated carbocycles. The van der Waals surface area contributed by atoms with Crippen molar-refractivity contribution in [2.24, 2.45) is 5.92 Å². The molecule has 0 saturated heterocycles. The fraction of sp³-hybridized carbons (Fsp3) is 0.222. The number of ether oxygens (including phenoxy) is 1. The van der Waals surface area contributed by atoms with E-state index in [9.17, 15) is 4.79 Å². The van der Waals surface area contributed by atoms with Crippen molar-refractivity contribution in [2.45, 2.75) is 27.4 Å². The van der Waals surface area contributed by atoms with Crippen LogP contribution in [-0.4, -0.2) is 12.5 Å². The SMILES string of the molecule is Cc1cccc(COc2ccccc2/C=C2\C(=O)N(CC(C)C)c3ccccc32)c1. The molecule has 0 aliphatic carbocycles. The molecule has 1 amide bonds. The minimum Gasteiger partial charge on any atom is -0.488 e. The third-order valence-electron chi connectivity index (χ3n) is 5.20. The lowest BCUT2D eigenvalue weighted by molar-refractivity contribution is -0.113. The quantitative estimate of drug-likeness (QED) is 0.469. The molecular weight excluding hydrogens is 370 g/mol. The number of carbonyl (C=O) groups excluding carboxylic acids is 1. The molecule has 0 fully saturated rings. The Bertz CT molecular complexity index is 1100. The zero-order valence-corrected chi connectivity index (χ0v) is 17.8. The van der Waals surface area contributed by atoms with Crippen LogP contribution >= 0.6 is 0 Å². The van der Waals surface area contributed by atoms with Gasteiger partial charge in [-0.25, -0.2) is 0 Å². The first kappa shape index (κ1) is 20.0. The van der Waals surface area contributed by atoms with Gasteiger partial charge in [-0.15, -0.1) is 0 Å². The van der Waals surface area contributed by atoms with Gasteiger partial charge in [0.2, 0.25) is 0 Å². The lowest BCUT2D eigenvalue weighted by Gasteiger charge is -2.19. The predicted octanol–water partition coefficient (Wildman–Crippen LogP) is 6.12. The highest BCUT2D eigenvalue weighted by Crippen LogP contribution is 2.39. The molecule has 0 N–H and O–H groups in total. The number of benzene rings is 3. The zero-order chi connectivity index (χ0) is 21.1. The number of carbonyl (C=O) groups is 1. The van der Waals surface area contributed by atoms with Gasteiger partial charge in [0.15, 0.2) is 0 Å². The summed E-state index contributed by atoms with van der Waals surface area (Å²) in [7, 11) is 0. The Hall–Kier alpha value is -3.33. The summed E-state index contributed by atoms with van der Waals surface area (Å²) in [5, 5.41) is 0. The van der Waals surface area contributed by atoms with E-state index < -0.39 is 0 Å². The molecule has 1 heterocycles. The van der Waals surface area contributed by atoms with Crippen LogP contribution in [0.1, 0.15) is 36.1 Å². The van der Waals surface area contributed by atoms with Crippen LogP contribution in [0, 0.1) is 12.8 Å². The van der Waals surface area contributed by atoms with Gasteiger partial charge in [-0.1, -0.05) is 80.1 Å². The molecule has 0 bridgehead atoms. The van der Waals surface area contributed by atoms with Crippen LogP contribution in [0.25, 0.3) is 11.6 Å². The van der Waals surface area contributed by atoms with E-state index >= 15 is 0 Å². The molecule has 3 nitrogen and oxygen atoms in total. The summed E-state index contributed by atoms with van der Waals surface area (Å²) in [4.78, 5) is 15.1. The summed E-state index contributed by atoms with van der Waals surface area (Å²) in [6.07, 6.45) is 1.97. The number of hydrogen-bond donors (Lipinski definition) is 0. The molecule has 30 heavy (non-hydrogen) atoms. The van der Waals surface area contributed by atoms with Gasteiger partial charge >= 0.3 is 0 Å². The largest absolute Gasteiger partial charge is 0.488 e.